The van der Waals surface area contributed by atoms with E-state index >= 15 is 0 Å². The molecule has 1 amide bonds. The number of rotatable bonds is 6. The third-order valence-corrected chi connectivity index (χ3v) is 2.06. The molecular weight excluding hydrogens is 254 g/mol. The molecule has 0 aliphatic heterocycles. The van der Waals surface area contributed by atoms with Crippen LogP contribution in [0.4, 0.5) is 0 Å². The van der Waals surface area contributed by atoms with E-state index in [9.17, 15) is 14.4 Å². The minimum absolute atomic E-state index is 0.265. The van der Waals surface area contributed by atoms with E-state index in [2.05, 4.69) is 15.5 Å². The summed E-state index contributed by atoms with van der Waals surface area (Å²) in [4.78, 5) is 36.4. The average molecular weight is 265 g/mol. The summed E-state index contributed by atoms with van der Waals surface area (Å²) in [5.74, 6) is -3.12. The normalized spacial score (nSPS) is 10.8. The van der Waals surface area contributed by atoms with Gasteiger partial charge < -0.3 is 10.2 Å². The fourth-order valence-electron chi connectivity index (χ4n) is 1.12. The Kier molecular flexibility index (Phi) is 5.15. The first-order valence-corrected chi connectivity index (χ1v) is 5.22. The number of hydrogen-bond acceptors (Lipinski definition) is 5. The van der Waals surface area contributed by atoms with Gasteiger partial charge in [-0.1, -0.05) is 0 Å². The van der Waals surface area contributed by atoms with Crippen molar-refractivity contribution in [2.24, 2.45) is 5.10 Å². The number of carbonyl (C=O) groups is 3. The molecule has 0 saturated carbocycles. The van der Waals surface area contributed by atoms with Crippen LogP contribution in [-0.4, -0.2) is 38.8 Å². The van der Waals surface area contributed by atoms with Crippen molar-refractivity contribution in [3.63, 3.8) is 0 Å². The first kappa shape index (κ1) is 14.3. The Bertz CT molecular complexity index is 512. The molecule has 0 atom stereocenters. The second-order valence-electron chi connectivity index (χ2n) is 3.43. The summed E-state index contributed by atoms with van der Waals surface area (Å²) < 4.78 is 0. The molecular formula is C11H11N3O5. The van der Waals surface area contributed by atoms with Crippen LogP contribution in [-0.2, 0) is 9.59 Å². The zero-order chi connectivity index (χ0) is 14.3. The molecule has 0 aliphatic rings. The van der Waals surface area contributed by atoms with Crippen LogP contribution in [0.2, 0.25) is 0 Å². The van der Waals surface area contributed by atoms with Gasteiger partial charge in [0.05, 0.1) is 6.42 Å². The van der Waals surface area contributed by atoms with Crippen molar-refractivity contribution in [3.8, 4) is 0 Å². The lowest BCUT2D eigenvalue weighted by atomic mass is 10.2. The van der Waals surface area contributed by atoms with Crippen molar-refractivity contribution < 1.29 is 24.6 Å². The van der Waals surface area contributed by atoms with E-state index in [1.807, 2.05) is 0 Å². The van der Waals surface area contributed by atoms with E-state index in [4.69, 9.17) is 10.2 Å². The Hall–Kier alpha value is -2.77. The van der Waals surface area contributed by atoms with E-state index < -0.39 is 23.6 Å². The standard InChI is InChI=1S/C11H11N3O5/c15-9(16)2-1-8(11(18)19)13-14-10(17)7-3-5-12-6-4-7/h3-6H,1-2H2,(H,14,17)(H,15,16)(H,18,19)/b13-8+. The van der Waals surface area contributed by atoms with Crippen LogP contribution in [0, 0.1) is 0 Å². The van der Waals surface area contributed by atoms with Gasteiger partial charge in [0.2, 0.25) is 0 Å². The summed E-state index contributed by atoms with van der Waals surface area (Å²) in [5, 5.41) is 20.6. The Morgan fingerprint density at radius 3 is 2.32 bits per heavy atom. The van der Waals surface area contributed by atoms with Crippen LogP contribution in [0.25, 0.3) is 0 Å². The van der Waals surface area contributed by atoms with E-state index in [0.29, 0.717) is 0 Å². The van der Waals surface area contributed by atoms with Crippen LogP contribution in [0.15, 0.2) is 29.6 Å². The van der Waals surface area contributed by atoms with Crippen LogP contribution in [0.5, 0.6) is 0 Å². The lowest BCUT2D eigenvalue weighted by molar-refractivity contribution is -0.136. The summed E-state index contributed by atoms with van der Waals surface area (Å²) >= 11 is 0. The zero-order valence-electron chi connectivity index (χ0n) is 9.74. The number of carboxylic acid groups (broad SMARTS) is 2. The van der Waals surface area contributed by atoms with Gasteiger partial charge in [-0.2, -0.15) is 5.10 Å². The van der Waals surface area contributed by atoms with Gasteiger partial charge in [0, 0.05) is 24.4 Å². The predicted molar refractivity (Wildman–Crippen MR) is 63.6 cm³/mol. The molecule has 1 aromatic heterocycles. The number of aromatic nitrogens is 1. The van der Waals surface area contributed by atoms with Crippen molar-refractivity contribution in [2.45, 2.75) is 12.8 Å². The first-order valence-electron chi connectivity index (χ1n) is 5.22. The molecule has 0 aromatic carbocycles. The van der Waals surface area contributed by atoms with Gasteiger partial charge in [-0.05, 0) is 12.1 Å². The summed E-state index contributed by atoms with van der Waals surface area (Å²) in [6.07, 6.45) is 2.15. The Morgan fingerprint density at radius 1 is 1.16 bits per heavy atom. The fraction of sp³-hybridized carbons (Fsp3) is 0.182. The highest BCUT2D eigenvalue weighted by atomic mass is 16.4. The molecule has 0 bridgehead atoms. The fourth-order valence-corrected chi connectivity index (χ4v) is 1.12. The van der Waals surface area contributed by atoms with Gasteiger partial charge in [-0.3, -0.25) is 14.6 Å². The van der Waals surface area contributed by atoms with E-state index in [1.54, 1.807) is 0 Å². The second kappa shape index (κ2) is 6.84. The predicted octanol–water partition coefficient (Wildman–Crippen LogP) is 0.117. The minimum atomic E-state index is -1.38. The monoisotopic (exact) mass is 265 g/mol. The third kappa shape index (κ3) is 4.94. The van der Waals surface area contributed by atoms with Crippen molar-refractivity contribution in [3.05, 3.63) is 30.1 Å². The van der Waals surface area contributed by atoms with Gasteiger partial charge in [0.25, 0.3) is 5.91 Å². The minimum Gasteiger partial charge on any atom is -0.481 e. The number of hydrogen-bond donors (Lipinski definition) is 3. The number of carbonyl (C=O) groups excluding carboxylic acids is 1. The average Bonchev–Trinajstić information content (AvgIpc) is 2.38. The molecule has 100 valence electrons. The van der Waals surface area contributed by atoms with E-state index in [-0.39, 0.29) is 18.4 Å². The van der Waals surface area contributed by atoms with Crippen LogP contribution in [0.3, 0.4) is 0 Å². The van der Waals surface area contributed by atoms with Crippen LogP contribution < -0.4 is 5.43 Å². The molecule has 0 radical (unpaired) electrons. The second-order valence-corrected chi connectivity index (χ2v) is 3.43. The third-order valence-electron chi connectivity index (χ3n) is 2.06. The summed E-state index contributed by atoms with van der Waals surface area (Å²) in [6, 6.07) is 2.87. The number of hydrazone groups is 1. The highest BCUT2D eigenvalue weighted by Crippen LogP contribution is 1.97. The molecule has 0 saturated heterocycles. The maximum absolute atomic E-state index is 11.6. The Morgan fingerprint density at radius 2 is 1.79 bits per heavy atom. The highest BCUT2D eigenvalue weighted by Gasteiger charge is 2.13. The maximum Gasteiger partial charge on any atom is 0.352 e. The summed E-state index contributed by atoms with van der Waals surface area (Å²) in [5.41, 5.74) is 1.89. The molecule has 1 rings (SSSR count). The van der Waals surface area contributed by atoms with Crippen molar-refractivity contribution in [2.75, 3.05) is 0 Å². The van der Waals surface area contributed by atoms with Gasteiger partial charge >= 0.3 is 11.9 Å². The Balaban J connectivity index is 2.68. The summed E-state index contributed by atoms with van der Waals surface area (Å²) in [6.45, 7) is 0. The van der Waals surface area contributed by atoms with Gasteiger partial charge in [-0.25, -0.2) is 10.2 Å². The van der Waals surface area contributed by atoms with Crippen molar-refractivity contribution in [1.82, 2.24) is 10.4 Å². The molecule has 3 N–H and O–H groups in total. The quantitative estimate of drug-likeness (QED) is 0.494. The van der Waals surface area contributed by atoms with Gasteiger partial charge in [-0.15, -0.1) is 0 Å². The van der Waals surface area contributed by atoms with Gasteiger partial charge in [0.1, 0.15) is 5.71 Å². The molecule has 0 fully saturated rings. The number of carboxylic acids is 2. The molecule has 0 spiro atoms. The highest BCUT2D eigenvalue weighted by molar-refractivity contribution is 6.35. The molecule has 19 heavy (non-hydrogen) atoms. The van der Waals surface area contributed by atoms with Crippen molar-refractivity contribution >= 4 is 23.6 Å². The number of amides is 1. The molecule has 8 heteroatoms. The number of aliphatic carboxylic acids is 2. The van der Waals surface area contributed by atoms with Crippen LogP contribution >= 0.6 is 0 Å². The first-order chi connectivity index (χ1) is 9.00. The van der Waals surface area contributed by atoms with Crippen LogP contribution in [0.1, 0.15) is 23.2 Å². The van der Waals surface area contributed by atoms with Gasteiger partial charge in [0.15, 0.2) is 0 Å². The SMILES string of the molecule is O=C(O)CC/C(=N\NC(=O)c1ccncc1)C(=O)O. The molecule has 0 unspecified atom stereocenters. The molecule has 1 heterocycles. The lowest BCUT2D eigenvalue weighted by Crippen LogP contribution is -2.23. The Labute approximate surface area is 107 Å². The van der Waals surface area contributed by atoms with E-state index in [0.717, 1.165) is 0 Å². The largest absolute Gasteiger partial charge is 0.481 e. The smallest absolute Gasteiger partial charge is 0.352 e. The summed E-state index contributed by atoms with van der Waals surface area (Å²) in [7, 11) is 0. The number of nitrogens with one attached hydrogen (secondary N) is 1. The molecule has 0 aliphatic carbocycles. The number of pyridine rings is 1. The van der Waals surface area contributed by atoms with E-state index in [1.165, 1.54) is 24.5 Å². The maximum atomic E-state index is 11.6. The zero-order valence-corrected chi connectivity index (χ0v) is 9.74. The number of nitrogens with zero attached hydrogens (tertiary/aromatic N) is 2. The van der Waals surface area contributed by atoms with Crippen molar-refractivity contribution in [1.29, 1.82) is 0 Å². The topological polar surface area (TPSA) is 129 Å². The lowest BCUT2D eigenvalue weighted by Gasteiger charge is -2.02. The molecule has 8 nitrogen and oxygen atoms in total. The molecule has 1 aromatic rings.